The van der Waals surface area contributed by atoms with Crippen LogP contribution in [-0.2, 0) is 0 Å². The number of rotatable bonds is 5. The SMILES string of the molecule is O=C(O)c1ccc2c(c1)nc(-c1cccc(C(=O)Nc3cc(Cl)cc(Cl)c3)c1)n2C1CCCCC1. The van der Waals surface area contributed by atoms with Crippen LogP contribution in [0.3, 0.4) is 0 Å². The first-order valence-electron chi connectivity index (χ1n) is 11.5. The fourth-order valence-corrected chi connectivity index (χ4v) is 5.30. The monoisotopic (exact) mass is 507 g/mol. The Bertz CT molecular complexity index is 1420. The molecule has 4 aromatic rings. The maximum absolute atomic E-state index is 13.0. The van der Waals surface area contributed by atoms with Gasteiger partial charge in [-0.2, -0.15) is 0 Å². The Kier molecular flexibility index (Phi) is 6.50. The van der Waals surface area contributed by atoms with E-state index in [1.54, 1.807) is 42.5 Å². The number of fused-ring (bicyclic) bond motifs is 1. The highest BCUT2D eigenvalue weighted by Gasteiger charge is 2.23. The summed E-state index contributed by atoms with van der Waals surface area (Å²) in [4.78, 5) is 29.4. The van der Waals surface area contributed by atoms with E-state index in [9.17, 15) is 14.7 Å². The molecule has 0 aliphatic heterocycles. The van der Waals surface area contributed by atoms with Crippen LogP contribution in [-0.4, -0.2) is 26.5 Å². The topological polar surface area (TPSA) is 84.2 Å². The van der Waals surface area contributed by atoms with Crippen LogP contribution in [0.1, 0.15) is 58.9 Å². The molecule has 0 radical (unpaired) electrons. The van der Waals surface area contributed by atoms with E-state index in [1.165, 1.54) is 6.42 Å². The number of anilines is 1. The fourth-order valence-electron chi connectivity index (χ4n) is 4.77. The third kappa shape index (κ3) is 4.90. The van der Waals surface area contributed by atoms with E-state index in [4.69, 9.17) is 28.2 Å². The molecule has 1 aromatic heterocycles. The van der Waals surface area contributed by atoms with Crippen molar-refractivity contribution in [3.63, 3.8) is 0 Å². The molecule has 3 aromatic carbocycles. The molecule has 1 fully saturated rings. The summed E-state index contributed by atoms with van der Waals surface area (Å²) in [6, 6.07) is 17.5. The summed E-state index contributed by atoms with van der Waals surface area (Å²) in [6.45, 7) is 0. The second-order valence-electron chi connectivity index (χ2n) is 8.80. The van der Waals surface area contributed by atoms with Crippen molar-refractivity contribution >= 4 is 51.8 Å². The molecule has 0 bridgehead atoms. The predicted octanol–water partition coefficient (Wildman–Crippen LogP) is 7.47. The number of carbonyl (C=O) groups is 2. The Morgan fingerprint density at radius 1 is 0.914 bits per heavy atom. The Morgan fingerprint density at radius 3 is 2.37 bits per heavy atom. The van der Waals surface area contributed by atoms with Crippen LogP contribution >= 0.6 is 23.2 Å². The molecule has 0 saturated heterocycles. The van der Waals surface area contributed by atoms with Gasteiger partial charge >= 0.3 is 5.97 Å². The van der Waals surface area contributed by atoms with E-state index >= 15 is 0 Å². The van der Waals surface area contributed by atoms with Crippen molar-refractivity contribution < 1.29 is 14.7 Å². The molecule has 35 heavy (non-hydrogen) atoms. The average molecular weight is 508 g/mol. The molecule has 6 nitrogen and oxygen atoms in total. The number of hydrogen-bond acceptors (Lipinski definition) is 3. The average Bonchev–Trinajstić information content (AvgIpc) is 3.23. The Hall–Kier alpha value is -3.35. The highest BCUT2D eigenvalue weighted by Crippen LogP contribution is 2.36. The molecule has 0 spiro atoms. The highest BCUT2D eigenvalue weighted by molar-refractivity contribution is 6.35. The van der Waals surface area contributed by atoms with E-state index in [1.807, 2.05) is 18.2 Å². The van der Waals surface area contributed by atoms with Crippen LogP contribution in [0.25, 0.3) is 22.4 Å². The van der Waals surface area contributed by atoms with Gasteiger partial charge in [0, 0.05) is 32.9 Å². The number of carboxylic acid groups (broad SMARTS) is 1. The lowest BCUT2D eigenvalue weighted by atomic mass is 9.94. The summed E-state index contributed by atoms with van der Waals surface area (Å²) in [5.74, 6) is -0.547. The van der Waals surface area contributed by atoms with Gasteiger partial charge in [-0.05, 0) is 61.4 Å². The Labute approximate surface area is 212 Å². The number of nitrogens with zero attached hydrogens (tertiary/aromatic N) is 2. The maximum Gasteiger partial charge on any atom is 0.335 e. The zero-order chi connectivity index (χ0) is 24.5. The van der Waals surface area contributed by atoms with E-state index < -0.39 is 5.97 Å². The Morgan fingerprint density at radius 2 is 1.66 bits per heavy atom. The van der Waals surface area contributed by atoms with Gasteiger partial charge in [0.25, 0.3) is 5.91 Å². The van der Waals surface area contributed by atoms with Crippen LogP contribution < -0.4 is 5.32 Å². The largest absolute Gasteiger partial charge is 0.478 e. The molecule has 8 heteroatoms. The van der Waals surface area contributed by atoms with Crippen molar-refractivity contribution in [3.05, 3.63) is 81.8 Å². The van der Waals surface area contributed by atoms with Gasteiger partial charge in [-0.1, -0.05) is 54.6 Å². The fraction of sp³-hybridized carbons (Fsp3) is 0.222. The molecule has 1 amide bonds. The molecular weight excluding hydrogens is 485 g/mol. The molecule has 0 atom stereocenters. The highest BCUT2D eigenvalue weighted by atomic mass is 35.5. The number of carbonyl (C=O) groups excluding carboxylic acids is 1. The van der Waals surface area contributed by atoms with Crippen molar-refractivity contribution in [1.29, 1.82) is 0 Å². The van der Waals surface area contributed by atoms with Gasteiger partial charge in [-0.3, -0.25) is 4.79 Å². The zero-order valence-corrected chi connectivity index (χ0v) is 20.3. The summed E-state index contributed by atoms with van der Waals surface area (Å²) < 4.78 is 2.22. The van der Waals surface area contributed by atoms with Gasteiger partial charge in [-0.15, -0.1) is 0 Å². The summed E-state index contributed by atoms with van der Waals surface area (Å²) in [6.07, 6.45) is 5.57. The smallest absolute Gasteiger partial charge is 0.335 e. The van der Waals surface area contributed by atoms with Crippen LogP contribution in [0.5, 0.6) is 0 Å². The number of aromatic nitrogens is 2. The normalized spacial score (nSPS) is 14.2. The lowest BCUT2D eigenvalue weighted by Gasteiger charge is -2.25. The number of imidazole rings is 1. The zero-order valence-electron chi connectivity index (χ0n) is 18.8. The molecule has 1 saturated carbocycles. The summed E-state index contributed by atoms with van der Waals surface area (Å²) >= 11 is 12.1. The van der Waals surface area contributed by atoms with Crippen LogP contribution in [0, 0.1) is 0 Å². The maximum atomic E-state index is 13.0. The van der Waals surface area contributed by atoms with Crippen molar-refractivity contribution in [2.24, 2.45) is 0 Å². The van der Waals surface area contributed by atoms with Crippen LogP contribution in [0.2, 0.25) is 10.0 Å². The minimum Gasteiger partial charge on any atom is -0.478 e. The molecule has 5 rings (SSSR count). The van der Waals surface area contributed by atoms with Gasteiger partial charge in [0.1, 0.15) is 5.82 Å². The standard InChI is InChI=1S/C27H23Cl2N3O3/c28-19-13-20(29)15-21(14-19)30-26(33)17-6-4-5-16(11-17)25-31-23-12-18(27(34)35)9-10-24(23)32(25)22-7-2-1-3-8-22/h4-6,9-15,22H,1-3,7-8H2,(H,30,33)(H,34,35). The number of nitrogens with one attached hydrogen (secondary N) is 1. The van der Waals surface area contributed by atoms with E-state index in [2.05, 4.69) is 9.88 Å². The van der Waals surface area contributed by atoms with Crippen molar-refractivity contribution in [2.45, 2.75) is 38.1 Å². The van der Waals surface area contributed by atoms with Gasteiger partial charge in [0.05, 0.1) is 16.6 Å². The van der Waals surface area contributed by atoms with Gasteiger partial charge in [0.2, 0.25) is 0 Å². The first kappa shape index (κ1) is 23.4. The second kappa shape index (κ2) is 9.72. The third-order valence-electron chi connectivity index (χ3n) is 6.38. The molecule has 1 aliphatic carbocycles. The minimum absolute atomic E-state index is 0.200. The predicted molar refractivity (Wildman–Crippen MR) is 139 cm³/mol. The molecule has 178 valence electrons. The number of benzene rings is 3. The van der Waals surface area contributed by atoms with Gasteiger partial charge < -0.3 is 15.0 Å². The Balaban J connectivity index is 1.56. The first-order valence-corrected chi connectivity index (χ1v) is 12.3. The molecule has 0 unspecified atom stereocenters. The second-order valence-corrected chi connectivity index (χ2v) is 9.67. The van der Waals surface area contributed by atoms with Gasteiger partial charge in [-0.25, -0.2) is 9.78 Å². The molecule has 1 aliphatic rings. The molecule has 2 N–H and O–H groups in total. The lowest BCUT2D eigenvalue weighted by Crippen LogP contribution is -2.15. The summed E-state index contributed by atoms with van der Waals surface area (Å²) in [7, 11) is 0. The van der Waals surface area contributed by atoms with Crippen molar-refractivity contribution in [2.75, 3.05) is 5.32 Å². The number of aromatic carboxylic acids is 1. The van der Waals surface area contributed by atoms with Crippen molar-refractivity contribution in [3.8, 4) is 11.4 Å². The van der Waals surface area contributed by atoms with Crippen LogP contribution in [0.15, 0.2) is 60.7 Å². The van der Waals surface area contributed by atoms with Crippen molar-refractivity contribution in [1.82, 2.24) is 9.55 Å². The third-order valence-corrected chi connectivity index (χ3v) is 6.82. The van der Waals surface area contributed by atoms with E-state index in [0.717, 1.165) is 42.6 Å². The lowest BCUT2D eigenvalue weighted by molar-refractivity contribution is 0.0696. The number of carboxylic acids is 1. The molecular formula is C27H23Cl2N3O3. The van der Waals surface area contributed by atoms with E-state index in [0.29, 0.717) is 26.8 Å². The van der Waals surface area contributed by atoms with E-state index in [-0.39, 0.29) is 17.5 Å². The summed E-state index contributed by atoms with van der Waals surface area (Å²) in [5.41, 5.74) is 3.50. The first-order chi connectivity index (χ1) is 16.9. The van der Waals surface area contributed by atoms with Crippen LogP contribution in [0.4, 0.5) is 5.69 Å². The number of hydrogen-bond donors (Lipinski definition) is 2. The van der Waals surface area contributed by atoms with Gasteiger partial charge in [0.15, 0.2) is 0 Å². The quantitative estimate of drug-likeness (QED) is 0.293. The number of amides is 1. The summed E-state index contributed by atoms with van der Waals surface area (Å²) in [5, 5.41) is 13.2. The molecule has 1 heterocycles. The minimum atomic E-state index is -0.986. The number of halogens is 2.